The van der Waals surface area contributed by atoms with Crippen LogP contribution in [0.2, 0.25) is 0 Å². The number of rotatable bonds is 3. The van der Waals surface area contributed by atoms with Crippen molar-refractivity contribution in [3.8, 4) is 6.07 Å². The summed E-state index contributed by atoms with van der Waals surface area (Å²) in [5, 5.41) is 13.4. The highest BCUT2D eigenvalue weighted by atomic mass is 16.1. The number of pyridine rings is 1. The van der Waals surface area contributed by atoms with Gasteiger partial charge in [-0.25, -0.2) is 9.67 Å². The van der Waals surface area contributed by atoms with Crippen molar-refractivity contribution in [2.24, 2.45) is 5.92 Å². The van der Waals surface area contributed by atoms with Gasteiger partial charge in [0.15, 0.2) is 0 Å². The normalized spacial score (nSPS) is 15.7. The zero-order chi connectivity index (χ0) is 18.7. The molecule has 0 amide bonds. The van der Waals surface area contributed by atoms with Gasteiger partial charge in [-0.3, -0.25) is 4.79 Å². The van der Waals surface area contributed by atoms with Crippen LogP contribution in [0.15, 0.2) is 35.3 Å². The number of nitriles is 1. The molecular formula is C20H25N5O. The summed E-state index contributed by atoms with van der Waals surface area (Å²) in [5.41, 5.74) is 1.42. The first-order valence-electron chi connectivity index (χ1n) is 9.06. The molecular weight excluding hydrogens is 326 g/mol. The molecule has 0 aromatic carbocycles. The van der Waals surface area contributed by atoms with Crippen molar-refractivity contribution in [1.29, 1.82) is 5.26 Å². The Hall–Kier alpha value is -2.68. The van der Waals surface area contributed by atoms with E-state index >= 15 is 0 Å². The van der Waals surface area contributed by atoms with Gasteiger partial charge in [0.05, 0.1) is 11.3 Å². The zero-order valence-electron chi connectivity index (χ0n) is 15.6. The zero-order valence-corrected chi connectivity index (χ0v) is 15.6. The van der Waals surface area contributed by atoms with Crippen LogP contribution in [0.3, 0.4) is 0 Å². The molecule has 3 heterocycles. The molecule has 0 atom stereocenters. The fourth-order valence-electron chi connectivity index (χ4n) is 3.21. The average Bonchev–Trinajstić information content (AvgIpc) is 2.63. The molecule has 0 bridgehead atoms. The molecule has 0 saturated carbocycles. The average molecular weight is 351 g/mol. The van der Waals surface area contributed by atoms with E-state index in [-0.39, 0.29) is 11.0 Å². The predicted octanol–water partition coefficient (Wildman–Crippen LogP) is 2.72. The fourth-order valence-corrected chi connectivity index (χ4v) is 3.21. The standard InChI is InChI=1S/C20H25N5O/c1-20(2,3)17-5-7-19(26)25(23-17)14-15-8-10-24(11-9-15)18-6-4-16(12-21)13-22-18/h4-7,13,15H,8-11,14H2,1-3H3. The highest BCUT2D eigenvalue weighted by molar-refractivity contribution is 5.42. The molecule has 6 heteroatoms. The van der Waals surface area contributed by atoms with E-state index in [0.29, 0.717) is 18.0 Å². The first-order valence-corrected chi connectivity index (χ1v) is 9.06. The number of hydrogen-bond donors (Lipinski definition) is 0. The van der Waals surface area contributed by atoms with Gasteiger partial charge >= 0.3 is 0 Å². The molecule has 3 rings (SSSR count). The highest BCUT2D eigenvalue weighted by Crippen LogP contribution is 2.23. The monoisotopic (exact) mass is 351 g/mol. The molecule has 0 aliphatic carbocycles. The molecule has 0 spiro atoms. The van der Waals surface area contributed by atoms with E-state index < -0.39 is 0 Å². The molecule has 2 aromatic rings. The molecule has 1 fully saturated rings. The molecule has 1 aliphatic heterocycles. The molecule has 136 valence electrons. The van der Waals surface area contributed by atoms with Gasteiger partial charge in [0, 0.05) is 37.3 Å². The van der Waals surface area contributed by atoms with E-state index in [4.69, 9.17) is 5.26 Å². The van der Waals surface area contributed by atoms with Crippen LogP contribution in [0.1, 0.15) is 44.9 Å². The summed E-state index contributed by atoms with van der Waals surface area (Å²) < 4.78 is 1.63. The smallest absolute Gasteiger partial charge is 0.266 e. The van der Waals surface area contributed by atoms with Gasteiger partial charge in [0.1, 0.15) is 11.9 Å². The summed E-state index contributed by atoms with van der Waals surface area (Å²) in [7, 11) is 0. The Morgan fingerprint density at radius 3 is 2.50 bits per heavy atom. The minimum atomic E-state index is -0.0694. The lowest BCUT2D eigenvalue weighted by Crippen LogP contribution is -2.37. The van der Waals surface area contributed by atoms with Crippen molar-refractivity contribution < 1.29 is 0 Å². The quantitative estimate of drug-likeness (QED) is 0.850. The Labute approximate surface area is 154 Å². The number of nitrogens with zero attached hydrogens (tertiary/aromatic N) is 5. The molecule has 0 radical (unpaired) electrons. The largest absolute Gasteiger partial charge is 0.357 e. The SMILES string of the molecule is CC(C)(C)c1ccc(=O)n(CC2CCN(c3ccc(C#N)cn3)CC2)n1. The number of piperidine rings is 1. The van der Waals surface area contributed by atoms with E-state index in [9.17, 15) is 4.79 Å². The number of hydrogen-bond acceptors (Lipinski definition) is 5. The van der Waals surface area contributed by atoms with E-state index in [0.717, 1.165) is 37.4 Å². The van der Waals surface area contributed by atoms with Gasteiger partial charge < -0.3 is 4.90 Å². The van der Waals surface area contributed by atoms with Gasteiger partial charge in [-0.15, -0.1) is 0 Å². The summed E-state index contributed by atoms with van der Waals surface area (Å²) in [5.74, 6) is 1.34. The van der Waals surface area contributed by atoms with Crippen molar-refractivity contribution in [3.05, 3.63) is 52.1 Å². The number of aromatic nitrogens is 3. The predicted molar refractivity (Wildman–Crippen MR) is 101 cm³/mol. The lowest BCUT2D eigenvalue weighted by atomic mass is 9.92. The third-order valence-electron chi connectivity index (χ3n) is 4.88. The third kappa shape index (κ3) is 4.10. The van der Waals surface area contributed by atoms with Crippen LogP contribution < -0.4 is 10.5 Å². The maximum Gasteiger partial charge on any atom is 0.266 e. The van der Waals surface area contributed by atoms with Crippen LogP contribution in [-0.2, 0) is 12.0 Å². The second-order valence-corrected chi connectivity index (χ2v) is 7.94. The lowest BCUT2D eigenvalue weighted by molar-refractivity contribution is 0.329. The topological polar surface area (TPSA) is 74.8 Å². The van der Waals surface area contributed by atoms with Crippen molar-refractivity contribution in [1.82, 2.24) is 14.8 Å². The molecule has 0 N–H and O–H groups in total. The minimum absolute atomic E-state index is 0.0332. The van der Waals surface area contributed by atoms with Crippen LogP contribution in [0.25, 0.3) is 0 Å². The maximum atomic E-state index is 12.2. The molecule has 26 heavy (non-hydrogen) atoms. The molecule has 1 saturated heterocycles. The van der Waals surface area contributed by atoms with Gasteiger partial charge in [-0.05, 0) is 37.0 Å². The van der Waals surface area contributed by atoms with Gasteiger partial charge in [-0.2, -0.15) is 10.4 Å². The Balaban J connectivity index is 1.64. The van der Waals surface area contributed by atoms with E-state index in [1.807, 2.05) is 12.1 Å². The van der Waals surface area contributed by atoms with Gasteiger partial charge in [-0.1, -0.05) is 20.8 Å². The summed E-state index contributed by atoms with van der Waals surface area (Å²) in [6.07, 6.45) is 3.61. The summed E-state index contributed by atoms with van der Waals surface area (Å²) in [6, 6.07) is 9.25. The van der Waals surface area contributed by atoms with Crippen LogP contribution in [0.5, 0.6) is 0 Å². The van der Waals surface area contributed by atoms with Crippen molar-refractivity contribution in [3.63, 3.8) is 0 Å². The third-order valence-corrected chi connectivity index (χ3v) is 4.88. The van der Waals surface area contributed by atoms with E-state index in [1.54, 1.807) is 23.0 Å². The highest BCUT2D eigenvalue weighted by Gasteiger charge is 2.22. The Bertz CT molecular complexity index is 849. The molecule has 1 aliphatic rings. The Morgan fingerprint density at radius 1 is 1.19 bits per heavy atom. The second kappa shape index (κ2) is 7.28. The number of anilines is 1. The summed E-state index contributed by atoms with van der Waals surface area (Å²) in [4.78, 5) is 18.8. The molecule has 2 aromatic heterocycles. The van der Waals surface area contributed by atoms with Crippen LogP contribution in [0.4, 0.5) is 5.82 Å². The Kier molecular flexibility index (Phi) is 5.08. The van der Waals surface area contributed by atoms with Gasteiger partial charge in [0.2, 0.25) is 0 Å². The van der Waals surface area contributed by atoms with Crippen LogP contribution in [-0.4, -0.2) is 27.9 Å². The first-order chi connectivity index (χ1) is 12.4. The van der Waals surface area contributed by atoms with Crippen LogP contribution >= 0.6 is 0 Å². The van der Waals surface area contributed by atoms with Crippen molar-refractivity contribution >= 4 is 5.82 Å². The van der Waals surface area contributed by atoms with Crippen molar-refractivity contribution in [2.75, 3.05) is 18.0 Å². The van der Waals surface area contributed by atoms with Crippen molar-refractivity contribution in [2.45, 2.75) is 45.6 Å². The summed E-state index contributed by atoms with van der Waals surface area (Å²) in [6.45, 7) is 8.78. The van der Waals surface area contributed by atoms with Crippen LogP contribution in [0, 0.1) is 17.2 Å². The first kappa shape index (κ1) is 18.1. The second-order valence-electron chi connectivity index (χ2n) is 7.94. The Morgan fingerprint density at radius 2 is 1.92 bits per heavy atom. The summed E-state index contributed by atoms with van der Waals surface area (Å²) >= 11 is 0. The lowest BCUT2D eigenvalue weighted by Gasteiger charge is -2.33. The molecule has 6 nitrogen and oxygen atoms in total. The maximum absolute atomic E-state index is 12.2. The van der Waals surface area contributed by atoms with E-state index in [1.165, 1.54) is 0 Å². The minimum Gasteiger partial charge on any atom is -0.357 e. The molecule has 0 unspecified atom stereocenters. The van der Waals surface area contributed by atoms with E-state index in [2.05, 4.69) is 41.8 Å². The fraction of sp³-hybridized carbons (Fsp3) is 0.500. The van der Waals surface area contributed by atoms with Gasteiger partial charge in [0.25, 0.3) is 5.56 Å².